The Hall–Kier alpha value is -0.770. The van der Waals surface area contributed by atoms with Gasteiger partial charge in [0.15, 0.2) is 0 Å². The summed E-state index contributed by atoms with van der Waals surface area (Å²) in [7, 11) is 0. The maximum Gasteiger partial charge on any atom is 0.141 e. The molecule has 1 aromatic carbocycles. The van der Waals surface area contributed by atoms with Crippen LogP contribution in [0.3, 0.4) is 0 Å². The molecule has 3 nitrogen and oxygen atoms in total. The number of halogens is 1. The van der Waals surface area contributed by atoms with Gasteiger partial charge in [-0.3, -0.25) is 4.90 Å². The van der Waals surface area contributed by atoms with E-state index in [2.05, 4.69) is 17.9 Å². The van der Waals surface area contributed by atoms with Crippen LogP contribution < -0.4 is 10.5 Å². The van der Waals surface area contributed by atoms with E-state index in [-0.39, 0.29) is 6.04 Å². The van der Waals surface area contributed by atoms with Gasteiger partial charge >= 0.3 is 0 Å². The lowest BCUT2D eigenvalue weighted by molar-refractivity contribution is 0.236. The lowest BCUT2D eigenvalue weighted by atomic mass is 10.0. The van der Waals surface area contributed by atoms with Crippen LogP contribution in [0.2, 0.25) is 5.02 Å². The Balaban J connectivity index is 1.94. The zero-order valence-electron chi connectivity index (χ0n) is 12.3. The standard InChI is InChI=1S/C16H25ClN2O/c1-2-14(18)12-13-6-5-7-15(17)16(13)20-11-10-19-8-3-4-9-19/h5-7,14H,2-4,8-12,18H2,1H3. The molecule has 0 bridgehead atoms. The molecule has 2 N–H and O–H groups in total. The van der Waals surface area contributed by atoms with Gasteiger partial charge in [0, 0.05) is 12.6 Å². The van der Waals surface area contributed by atoms with Gasteiger partial charge in [0.05, 0.1) is 5.02 Å². The van der Waals surface area contributed by atoms with E-state index >= 15 is 0 Å². The SMILES string of the molecule is CCC(N)Cc1cccc(Cl)c1OCCN1CCCC1. The van der Waals surface area contributed by atoms with Crippen LogP contribution in [0.5, 0.6) is 5.75 Å². The lowest BCUT2D eigenvalue weighted by Gasteiger charge is -2.18. The molecule has 1 fully saturated rings. The molecule has 1 heterocycles. The Morgan fingerprint density at radius 3 is 2.80 bits per heavy atom. The Bertz CT molecular complexity index is 419. The first-order valence-electron chi connectivity index (χ1n) is 7.58. The minimum absolute atomic E-state index is 0.161. The van der Waals surface area contributed by atoms with Gasteiger partial charge in [-0.15, -0.1) is 0 Å². The second-order valence-electron chi connectivity index (χ2n) is 5.50. The summed E-state index contributed by atoms with van der Waals surface area (Å²) >= 11 is 6.27. The van der Waals surface area contributed by atoms with Crippen molar-refractivity contribution in [3.8, 4) is 5.75 Å². The lowest BCUT2D eigenvalue weighted by Crippen LogP contribution is -2.26. The van der Waals surface area contributed by atoms with E-state index in [1.165, 1.54) is 25.9 Å². The third-order valence-corrected chi connectivity index (χ3v) is 4.21. The number of nitrogens with zero attached hydrogens (tertiary/aromatic N) is 1. The second kappa shape index (κ2) is 7.87. The average molecular weight is 297 g/mol. The van der Waals surface area contributed by atoms with Crippen molar-refractivity contribution in [3.05, 3.63) is 28.8 Å². The molecule has 0 saturated carbocycles. The maximum atomic E-state index is 6.27. The van der Waals surface area contributed by atoms with Crippen molar-refractivity contribution >= 4 is 11.6 Å². The molecular formula is C16H25ClN2O. The van der Waals surface area contributed by atoms with Crippen LogP contribution in [0.1, 0.15) is 31.7 Å². The summed E-state index contributed by atoms with van der Waals surface area (Å²) in [6, 6.07) is 6.07. The normalized spacial score (nSPS) is 17.4. The van der Waals surface area contributed by atoms with E-state index in [1.807, 2.05) is 12.1 Å². The monoisotopic (exact) mass is 296 g/mol. The molecule has 1 saturated heterocycles. The molecule has 20 heavy (non-hydrogen) atoms. The summed E-state index contributed by atoms with van der Waals surface area (Å²) in [5, 5.41) is 0.687. The van der Waals surface area contributed by atoms with E-state index in [0.29, 0.717) is 11.6 Å². The van der Waals surface area contributed by atoms with Crippen LogP contribution in [0, 0.1) is 0 Å². The smallest absolute Gasteiger partial charge is 0.141 e. The molecule has 0 aromatic heterocycles. The van der Waals surface area contributed by atoms with E-state index in [1.54, 1.807) is 0 Å². The summed E-state index contributed by atoms with van der Waals surface area (Å²) in [6.07, 6.45) is 4.39. The third kappa shape index (κ3) is 4.37. The highest BCUT2D eigenvalue weighted by molar-refractivity contribution is 6.32. The van der Waals surface area contributed by atoms with E-state index in [0.717, 1.165) is 30.7 Å². The van der Waals surface area contributed by atoms with Crippen molar-refractivity contribution in [1.82, 2.24) is 4.90 Å². The van der Waals surface area contributed by atoms with E-state index < -0.39 is 0 Å². The number of hydrogen-bond acceptors (Lipinski definition) is 3. The van der Waals surface area contributed by atoms with Crippen LogP contribution in [0.4, 0.5) is 0 Å². The molecule has 0 radical (unpaired) electrons. The molecule has 0 amide bonds. The molecule has 1 aliphatic heterocycles. The molecular weight excluding hydrogens is 272 g/mol. The fourth-order valence-corrected chi connectivity index (χ4v) is 2.83. The third-order valence-electron chi connectivity index (χ3n) is 3.91. The van der Waals surface area contributed by atoms with Gasteiger partial charge in [-0.1, -0.05) is 30.7 Å². The Labute approximate surface area is 127 Å². The van der Waals surface area contributed by atoms with Gasteiger partial charge in [0.25, 0.3) is 0 Å². The molecule has 0 aliphatic carbocycles. The summed E-state index contributed by atoms with van der Waals surface area (Å²) in [4.78, 5) is 2.44. The molecule has 1 atom stereocenters. The molecule has 0 spiro atoms. The maximum absolute atomic E-state index is 6.27. The number of likely N-dealkylation sites (tertiary alicyclic amines) is 1. The van der Waals surface area contributed by atoms with Crippen molar-refractivity contribution in [2.45, 2.75) is 38.6 Å². The van der Waals surface area contributed by atoms with Gasteiger partial charge in [-0.2, -0.15) is 0 Å². The molecule has 4 heteroatoms. The number of ether oxygens (including phenoxy) is 1. The number of benzene rings is 1. The van der Waals surface area contributed by atoms with Crippen molar-refractivity contribution in [3.63, 3.8) is 0 Å². The highest BCUT2D eigenvalue weighted by atomic mass is 35.5. The number of para-hydroxylation sites is 1. The topological polar surface area (TPSA) is 38.5 Å². The number of hydrogen-bond donors (Lipinski definition) is 1. The summed E-state index contributed by atoms with van der Waals surface area (Å²) < 4.78 is 5.95. The summed E-state index contributed by atoms with van der Waals surface area (Å²) in [6.45, 7) is 6.16. The van der Waals surface area contributed by atoms with Crippen LogP contribution in [-0.4, -0.2) is 37.2 Å². The Morgan fingerprint density at radius 1 is 1.35 bits per heavy atom. The van der Waals surface area contributed by atoms with Gasteiger partial charge in [-0.05, 0) is 50.4 Å². The quantitative estimate of drug-likeness (QED) is 0.840. The van der Waals surface area contributed by atoms with Gasteiger partial charge in [-0.25, -0.2) is 0 Å². The van der Waals surface area contributed by atoms with E-state index in [9.17, 15) is 0 Å². The predicted molar refractivity (Wildman–Crippen MR) is 84.6 cm³/mol. The minimum atomic E-state index is 0.161. The highest BCUT2D eigenvalue weighted by Crippen LogP contribution is 2.29. The summed E-state index contributed by atoms with van der Waals surface area (Å²) in [5.74, 6) is 0.817. The molecule has 1 aromatic rings. The van der Waals surface area contributed by atoms with Crippen molar-refractivity contribution in [2.24, 2.45) is 5.73 Å². The van der Waals surface area contributed by atoms with Crippen LogP contribution in [-0.2, 0) is 6.42 Å². The first-order chi connectivity index (χ1) is 9.70. The minimum Gasteiger partial charge on any atom is -0.490 e. The van der Waals surface area contributed by atoms with Crippen molar-refractivity contribution < 1.29 is 4.74 Å². The molecule has 2 rings (SSSR count). The van der Waals surface area contributed by atoms with Crippen molar-refractivity contribution in [2.75, 3.05) is 26.2 Å². The molecule has 112 valence electrons. The fourth-order valence-electron chi connectivity index (χ4n) is 2.59. The first kappa shape index (κ1) is 15.6. The van der Waals surface area contributed by atoms with Gasteiger partial charge in [0.1, 0.15) is 12.4 Å². The largest absolute Gasteiger partial charge is 0.490 e. The van der Waals surface area contributed by atoms with Crippen LogP contribution in [0.25, 0.3) is 0 Å². The van der Waals surface area contributed by atoms with Gasteiger partial charge < -0.3 is 10.5 Å². The van der Waals surface area contributed by atoms with Crippen molar-refractivity contribution in [1.29, 1.82) is 0 Å². The first-order valence-corrected chi connectivity index (χ1v) is 7.96. The second-order valence-corrected chi connectivity index (χ2v) is 5.90. The predicted octanol–water partition coefficient (Wildman–Crippen LogP) is 3.09. The fraction of sp³-hybridized carbons (Fsp3) is 0.625. The number of nitrogens with two attached hydrogens (primary N) is 1. The van der Waals surface area contributed by atoms with Gasteiger partial charge in [0.2, 0.25) is 0 Å². The summed E-state index contributed by atoms with van der Waals surface area (Å²) in [5.41, 5.74) is 7.16. The highest BCUT2D eigenvalue weighted by Gasteiger charge is 2.14. The number of rotatable bonds is 7. The molecule has 1 unspecified atom stereocenters. The van der Waals surface area contributed by atoms with Crippen LogP contribution >= 0.6 is 11.6 Å². The van der Waals surface area contributed by atoms with Crippen LogP contribution in [0.15, 0.2) is 18.2 Å². The van der Waals surface area contributed by atoms with E-state index in [4.69, 9.17) is 22.1 Å². The molecule has 1 aliphatic rings. The Kier molecular flexibility index (Phi) is 6.14. The Morgan fingerprint density at radius 2 is 2.10 bits per heavy atom. The average Bonchev–Trinajstić information content (AvgIpc) is 2.95. The zero-order valence-corrected chi connectivity index (χ0v) is 13.0. The zero-order chi connectivity index (χ0) is 14.4.